The van der Waals surface area contributed by atoms with Gasteiger partial charge in [0, 0.05) is 39.2 Å². The zero-order valence-corrected chi connectivity index (χ0v) is 19.9. The first kappa shape index (κ1) is 24.6. The Bertz CT molecular complexity index is 829. The van der Waals surface area contributed by atoms with E-state index in [0.717, 1.165) is 11.3 Å². The fourth-order valence-electron chi connectivity index (χ4n) is 3.64. The summed E-state index contributed by atoms with van der Waals surface area (Å²) < 4.78 is 7.09. The van der Waals surface area contributed by atoms with Crippen LogP contribution >= 0.6 is 0 Å². The molecule has 1 aromatic rings. The molecule has 10 nitrogen and oxygen atoms in total. The monoisotopic (exact) mass is 437 g/mol. The van der Waals surface area contributed by atoms with E-state index < -0.39 is 17.6 Å². The average molecular weight is 438 g/mol. The summed E-state index contributed by atoms with van der Waals surface area (Å²) in [5.41, 5.74) is 1.36. The van der Waals surface area contributed by atoms with E-state index in [1.54, 1.807) is 23.7 Å². The topological polar surface area (TPSA) is 97.2 Å². The van der Waals surface area contributed by atoms with Crippen LogP contribution in [0.25, 0.3) is 0 Å². The van der Waals surface area contributed by atoms with E-state index in [1.165, 1.54) is 17.1 Å². The number of carbonyl (C=O) groups is 3. The number of hydrogen-bond donors (Lipinski definition) is 0. The molecule has 0 bridgehead atoms. The van der Waals surface area contributed by atoms with Crippen molar-refractivity contribution in [2.24, 2.45) is 5.92 Å². The minimum Gasteiger partial charge on any atom is -0.444 e. The van der Waals surface area contributed by atoms with Crippen LogP contribution in [0.1, 0.15) is 56.4 Å². The number of hydrogen-bond acceptors (Lipinski definition) is 6. The first-order valence-corrected chi connectivity index (χ1v) is 10.7. The average Bonchev–Trinajstić information content (AvgIpc) is 3.02. The highest BCUT2D eigenvalue weighted by atomic mass is 16.7. The maximum atomic E-state index is 13.1. The summed E-state index contributed by atoms with van der Waals surface area (Å²) in [5, 5.41) is 5.77. The molecule has 0 fully saturated rings. The highest BCUT2D eigenvalue weighted by molar-refractivity contribution is 5.95. The lowest BCUT2D eigenvalue weighted by molar-refractivity contribution is -0.174. The second kappa shape index (κ2) is 9.67. The molecule has 1 unspecified atom stereocenters. The normalized spacial score (nSPS) is 18.3. The molecule has 3 heterocycles. The Balaban J connectivity index is 0.00000166. The van der Waals surface area contributed by atoms with E-state index in [2.05, 4.69) is 5.10 Å². The van der Waals surface area contributed by atoms with Gasteiger partial charge in [-0.3, -0.25) is 19.1 Å². The zero-order valence-electron chi connectivity index (χ0n) is 19.9. The lowest BCUT2D eigenvalue weighted by Gasteiger charge is -2.30. The standard InChI is InChI=1S/C19H29N5O5.C2H6/c1-19(2,3)29-18(27)23-8-7-14-13(11-23)15-17(26)21(4)9-12(10-24(15)20-14)16(25)22(5)28-6;1-2/h12H,7-11H2,1-6H3;1-2H3. The van der Waals surface area contributed by atoms with E-state index in [4.69, 9.17) is 9.57 Å². The number of aromatic nitrogens is 2. The van der Waals surface area contributed by atoms with Gasteiger partial charge in [0.25, 0.3) is 11.8 Å². The summed E-state index contributed by atoms with van der Waals surface area (Å²) in [5.74, 6) is -0.900. The highest BCUT2D eigenvalue weighted by Crippen LogP contribution is 2.27. The Kier molecular flexibility index (Phi) is 7.69. The largest absolute Gasteiger partial charge is 0.444 e. The number of nitrogens with zero attached hydrogens (tertiary/aromatic N) is 5. The van der Waals surface area contributed by atoms with Crippen molar-refractivity contribution in [3.05, 3.63) is 17.0 Å². The van der Waals surface area contributed by atoms with E-state index in [9.17, 15) is 14.4 Å². The Hall–Kier alpha value is -2.62. The summed E-state index contributed by atoms with van der Waals surface area (Å²) in [6, 6.07) is 0. The van der Waals surface area contributed by atoms with Crippen LogP contribution in [0.15, 0.2) is 0 Å². The van der Waals surface area contributed by atoms with Crippen LogP contribution in [-0.4, -0.2) is 82.4 Å². The first-order valence-electron chi connectivity index (χ1n) is 10.7. The van der Waals surface area contributed by atoms with Crippen LogP contribution < -0.4 is 0 Å². The second-order valence-electron chi connectivity index (χ2n) is 8.51. The lowest BCUT2D eigenvalue weighted by atomic mass is 10.1. The van der Waals surface area contributed by atoms with Gasteiger partial charge in [-0.15, -0.1) is 0 Å². The van der Waals surface area contributed by atoms with Gasteiger partial charge in [0.2, 0.25) is 0 Å². The molecule has 1 aromatic heterocycles. The third-order valence-electron chi connectivity index (χ3n) is 5.12. The quantitative estimate of drug-likeness (QED) is 0.656. The molecular weight excluding hydrogens is 402 g/mol. The molecular formula is C21H35N5O5. The molecule has 3 amide bonds. The summed E-state index contributed by atoms with van der Waals surface area (Å²) in [7, 11) is 4.63. The molecule has 0 saturated carbocycles. The number of hydroxylamine groups is 2. The molecule has 31 heavy (non-hydrogen) atoms. The molecule has 3 rings (SSSR count). The SMILES string of the molecule is CC.CON(C)C(=O)C1CN(C)C(=O)c2c3c(nn2C1)CCN(C(=O)OC(C)(C)C)C3. The van der Waals surface area contributed by atoms with Crippen LogP contribution in [0.4, 0.5) is 4.79 Å². The summed E-state index contributed by atoms with van der Waals surface area (Å²) in [6.45, 7) is 10.7. The molecule has 10 heteroatoms. The van der Waals surface area contributed by atoms with Crippen molar-refractivity contribution in [1.82, 2.24) is 24.6 Å². The lowest BCUT2D eigenvalue weighted by Crippen LogP contribution is -2.41. The van der Waals surface area contributed by atoms with Crippen molar-refractivity contribution in [1.29, 1.82) is 0 Å². The van der Waals surface area contributed by atoms with Crippen LogP contribution in [0, 0.1) is 5.92 Å². The summed E-state index contributed by atoms with van der Waals surface area (Å²) >= 11 is 0. The van der Waals surface area contributed by atoms with Gasteiger partial charge in [-0.05, 0) is 20.8 Å². The molecule has 0 aliphatic carbocycles. The number of amides is 3. The smallest absolute Gasteiger partial charge is 0.410 e. The van der Waals surface area contributed by atoms with Gasteiger partial charge in [0.05, 0.1) is 31.8 Å². The Morgan fingerprint density at radius 2 is 1.84 bits per heavy atom. The maximum Gasteiger partial charge on any atom is 0.410 e. The van der Waals surface area contributed by atoms with Crippen LogP contribution in [0.5, 0.6) is 0 Å². The van der Waals surface area contributed by atoms with Crippen LogP contribution in [0.2, 0.25) is 0 Å². The number of fused-ring (bicyclic) bond motifs is 3. The minimum atomic E-state index is -0.593. The maximum absolute atomic E-state index is 13.1. The van der Waals surface area contributed by atoms with Crippen molar-refractivity contribution in [2.75, 3.05) is 34.3 Å². The van der Waals surface area contributed by atoms with Gasteiger partial charge in [-0.2, -0.15) is 5.10 Å². The van der Waals surface area contributed by atoms with Crippen molar-refractivity contribution in [3.63, 3.8) is 0 Å². The second-order valence-corrected chi connectivity index (χ2v) is 8.51. The van der Waals surface area contributed by atoms with Gasteiger partial charge < -0.3 is 14.5 Å². The minimum absolute atomic E-state index is 0.208. The van der Waals surface area contributed by atoms with E-state index in [1.807, 2.05) is 34.6 Å². The van der Waals surface area contributed by atoms with E-state index in [0.29, 0.717) is 18.7 Å². The highest BCUT2D eigenvalue weighted by Gasteiger charge is 2.37. The Morgan fingerprint density at radius 3 is 2.42 bits per heavy atom. The molecule has 2 aliphatic heterocycles. The van der Waals surface area contributed by atoms with Gasteiger partial charge >= 0.3 is 6.09 Å². The summed E-state index contributed by atoms with van der Waals surface area (Å²) in [6.07, 6.45) is 0.120. The van der Waals surface area contributed by atoms with Gasteiger partial charge in [-0.1, -0.05) is 13.8 Å². The number of rotatable bonds is 2. The Labute approximate surface area is 184 Å². The van der Waals surface area contributed by atoms with Gasteiger partial charge in [0.1, 0.15) is 11.3 Å². The fraction of sp³-hybridized carbons (Fsp3) is 0.714. The van der Waals surface area contributed by atoms with Crippen molar-refractivity contribution in [2.45, 2.75) is 59.7 Å². The molecule has 0 N–H and O–H groups in total. The summed E-state index contributed by atoms with van der Waals surface area (Å²) in [4.78, 5) is 46.3. The number of carbonyl (C=O) groups excluding carboxylic acids is 3. The van der Waals surface area contributed by atoms with Crippen molar-refractivity contribution in [3.8, 4) is 0 Å². The predicted octanol–water partition coefficient (Wildman–Crippen LogP) is 1.92. The third kappa shape index (κ3) is 5.36. The van der Waals surface area contributed by atoms with E-state index in [-0.39, 0.29) is 31.4 Å². The van der Waals surface area contributed by atoms with Crippen LogP contribution in [-0.2, 0) is 33.9 Å². The van der Waals surface area contributed by atoms with Gasteiger partial charge in [-0.25, -0.2) is 9.86 Å². The van der Waals surface area contributed by atoms with Gasteiger partial charge in [0.15, 0.2) is 0 Å². The number of ether oxygens (including phenoxy) is 1. The fourth-order valence-corrected chi connectivity index (χ4v) is 3.64. The third-order valence-corrected chi connectivity index (χ3v) is 5.12. The molecule has 0 aromatic carbocycles. The van der Waals surface area contributed by atoms with Crippen LogP contribution in [0.3, 0.4) is 0 Å². The zero-order chi connectivity index (χ0) is 23.5. The molecule has 1 atom stereocenters. The van der Waals surface area contributed by atoms with Crippen molar-refractivity contribution >= 4 is 17.9 Å². The van der Waals surface area contributed by atoms with Crippen molar-refractivity contribution < 1.29 is 24.0 Å². The molecule has 0 radical (unpaired) electrons. The predicted molar refractivity (Wildman–Crippen MR) is 114 cm³/mol. The molecule has 2 aliphatic rings. The molecule has 0 saturated heterocycles. The Morgan fingerprint density at radius 1 is 1.19 bits per heavy atom. The molecule has 0 spiro atoms. The molecule has 174 valence electrons. The first-order chi connectivity index (χ1) is 14.5. The van der Waals surface area contributed by atoms with E-state index >= 15 is 0 Å².